The lowest BCUT2D eigenvalue weighted by Crippen LogP contribution is -2.70. The van der Waals surface area contributed by atoms with Crippen LogP contribution in [0.2, 0.25) is 0 Å². The van der Waals surface area contributed by atoms with Crippen LogP contribution in [0.15, 0.2) is 11.1 Å². The zero-order chi connectivity index (χ0) is 24.1. The minimum absolute atomic E-state index is 0.0727. The summed E-state index contributed by atoms with van der Waals surface area (Å²) >= 11 is 0. The molecule has 4 aliphatic heterocycles. The number of ether oxygens (including phenoxy) is 5. The summed E-state index contributed by atoms with van der Waals surface area (Å²) in [4.78, 5) is 31.2. The van der Waals surface area contributed by atoms with E-state index in [0.29, 0.717) is 13.0 Å². The van der Waals surface area contributed by atoms with Crippen molar-refractivity contribution in [3.05, 3.63) is 11.1 Å². The van der Waals surface area contributed by atoms with Gasteiger partial charge in [-0.2, -0.15) is 0 Å². The van der Waals surface area contributed by atoms with E-state index in [2.05, 4.69) is 20.8 Å². The lowest BCUT2D eigenvalue weighted by Gasteiger charge is -2.54. The molecule has 0 aromatic heterocycles. The SMILES string of the molecule is CCC(OC1[C@@]2(C(C)C)O[C@H]2[C@@H]2O[C@]23[C@]12OC2C[C@H]1C2=C(CC[C@@]13C)C(=O)OC2)OP(=O)(O)O. The molecule has 2 saturated carbocycles. The normalized spacial score (nSPS) is 52.6. The van der Waals surface area contributed by atoms with Crippen LogP contribution in [-0.4, -0.2) is 69.9 Å². The fraction of sp³-hybridized carbons (Fsp3) is 0.870. The number of hydrogen-bond acceptors (Lipinski definition) is 8. The molecule has 10 nitrogen and oxygen atoms in total. The van der Waals surface area contributed by atoms with Crippen molar-refractivity contribution < 1.29 is 47.4 Å². The van der Waals surface area contributed by atoms with E-state index in [9.17, 15) is 19.1 Å². The minimum Gasteiger partial charge on any atom is -0.458 e. The largest absolute Gasteiger partial charge is 0.471 e. The number of phosphoric ester groups is 1. The highest BCUT2D eigenvalue weighted by atomic mass is 31.2. The van der Waals surface area contributed by atoms with Gasteiger partial charge in [0.2, 0.25) is 0 Å². The Labute approximate surface area is 197 Å². The first-order chi connectivity index (χ1) is 16.0. The number of cyclic esters (lactones) is 1. The lowest BCUT2D eigenvalue weighted by molar-refractivity contribution is -0.198. The number of carbonyl (C=O) groups excluding carboxylic acids is 1. The van der Waals surface area contributed by atoms with Crippen LogP contribution < -0.4 is 0 Å². The number of esters is 1. The van der Waals surface area contributed by atoms with Gasteiger partial charge in [-0.05, 0) is 43.1 Å². The van der Waals surface area contributed by atoms with Gasteiger partial charge in [-0.3, -0.25) is 4.52 Å². The number of rotatable bonds is 6. The zero-order valence-corrected chi connectivity index (χ0v) is 20.6. The summed E-state index contributed by atoms with van der Waals surface area (Å²) in [6, 6.07) is 0. The van der Waals surface area contributed by atoms with Crippen molar-refractivity contribution >= 4 is 13.8 Å². The molecule has 10 atom stereocenters. The Bertz CT molecular complexity index is 1070. The Kier molecular flexibility index (Phi) is 4.17. The number of phosphoric acid groups is 1. The second kappa shape index (κ2) is 6.34. The second-order valence-corrected chi connectivity index (χ2v) is 12.6. The summed E-state index contributed by atoms with van der Waals surface area (Å²) in [6.45, 7) is 8.46. The third-order valence-corrected chi connectivity index (χ3v) is 10.5. The van der Waals surface area contributed by atoms with E-state index in [1.807, 2.05) is 0 Å². The Balaban J connectivity index is 1.31. The van der Waals surface area contributed by atoms with Crippen LogP contribution in [0.4, 0.5) is 0 Å². The Morgan fingerprint density at radius 3 is 2.65 bits per heavy atom. The van der Waals surface area contributed by atoms with E-state index < -0.39 is 37.0 Å². The van der Waals surface area contributed by atoms with E-state index in [-0.39, 0.29) is 48.0 Å². The van der Waals surface area contributed by atoms with Crippen molar-refractivity contribution in [2.45, 2.75) is 101 Å². The van der Waals surface area contributed by atoms with Crippen LogP contribution in [0, 0.1) is 17.3 Å². The maximum Gasteiger partial charge on any atom is 0.471 e. The number of epoxide rings is 3. The maximum atomic E-state index is 12.3. The fourth-order valence-corrected chi connectivity index (χ4v) is 8.88. The van der Waals surface area contributed by atoms with Crippen LogP contribution in [0.5, 0.6) is 0 Å². The first-order valence-electron chi connectivity index (χ1n) is 12.3. The molecule has 0 radical (unpaired) electrons. The van der Waals surface area contributed by atoms with Crippen molar-refractivity contribution in [2.75, 3.05) is 6.61 Å². The maximum absolute atomic E-state index is 12.3. The van der Waals surface area contributed by atoms with Gasteiger partial charge < -0.3 is 33.5 Å². The first kappa shape index (κ1) is 22.4. The predicted molar refractivity (Wildman–Crippen MR) is 113 cm³/mol. The highest BCUT2D eigenvalue weighted by molar-refractivity contribution is 7.46. The summed E-state index contributed by atoms with van der Waals surface area (Å²) in [6.07, 6.45) is 0.187. The highest BCUT2D eigenvalue weighted by Gasteiger charge is 3.00. The molecule has 0 aromatic carbocycles. The van der Waals surface area contributed by atoms with Gasteiger partial charge >= 0.3 is 13.8 Å². The first-order valence-corrected chi connectivity index (χ1v) is 13.8. The third kappa shape index (κ3) is 2.34. The van der Waals surface area contributed by atoms with Crippen LogP contribution in [-0.2, 0) is 37.6 Å². The van der Waals surface area contributed by atoms with Crippen molar-refractivity contribution in [2.24, 2.45) is 17.3 Å². The topological polar surface area (TPSA) is 140 Å². The van der Waals surface area contributed by atoms with Gasteiger partial charge in [-0.15, -0.1) is 0 Å². The van der Waals surface area contributed by atoms with Crippen LogP contribution in [0.3, 0.4) is 0 Å². The molecule has 34 heavy (non-hydrogen) atoms. The molecular weight excluding hydrogens is 467 g/mol. The summed E-state index contributed by atoms with van der Waals surface area (Å²) in [5.74, 6) is -0.0258. The molecule has 7 rings (SSSR count). The quantitative estimate of drug-likeness (QED) is 0.242. The van der Waals surface area contributed by atoms with Crippen LogP contribution >= 0.6 is 7.82 Å². The van der Waals surface area contributed by atoms with E-state index in [0.717, 1.165) is 24.0 Å². The molecule has 7 aliphatic rings. The van der Waals surface area contributed by atoms with Crippen LogP contribution in [0.25, 0.3) is 0 Å². The molecule has 3 unspecified atom stereocenters. The molecule has 2 spiro atoms. The molecule has 188 valence electrons. The van der Waals surface area contributed by atoms with Crippen molar-refractivity contribution in [3.8, 4) is 0 Å². The third-order valence-electron chi connectivity index (χ3n) is 9.94. The van der Waals surface area contributed by atoms with Crippen molar-refractivity contribution in [1.82, 2.24) is 0 Å². The molecular formula is C23H31O10P. The average molecular weight is 498 g/mol. The molecule has 0 bridgehead atoms. The Morgan fingerprint density at radius 2 is 1.97 bits per heavy atom. The van der Waals surface area contributed by atoms with Gasteiger partial charge in [0.05, 0.1) is 6.10 Å². The predicted octanol–water partition coefficient (Wildman–Crippen LogP) is 1.97. The van der Waals surface area contributed by atoms with Gasteiger partial charge in [-0.25, -0.2) is 9.36 Å². The average Bonchev–Trinajstić information content (AvgIpc) is 3.65. The summed E-state index contributed by atoms with van der Waals surface area (Å²) in [5.41, 5.74) is -0.513. The second-order valence-electron chi connectivity index (χ2n) is 11.5. The van der Waals surface area contributed by atoms with E-state index in [1.54, 1.807) is 6.92 Å². The van der Waals surface area contributed by atoms with Crippen LogP contribution in [0.1, 0.15) is 53.4 Å². The van der Waals surface area contributed by atoms with Gasteiger partial charge in [0.25, 0.3) is 0 Å². The zero-order valence-electron chi connectivity index (χ0n) is 19.7. The molecule has 0 amide bonds. The molecule has 11 heteroatoms. The van der Waals surface area contributed by atoms with E-state index in [1.165, 1.54) is 0 Å². The molecule has 0 aromatic rings. The fourth-order valence-electron chi connectivity index (χ4n) is 8.37. The van der Waals surface area contributed by atoms with Gasteiger partial charge in [-0.1, -0.05) is 27.7 Å². The number of fused-ring (bicyclic) bond motifs is 4. The molecule has 4 heterocycles. The summed E-state index contributed by atoms with van der Waals surface area (Å²) in [5, 5.41) is 0. The van der Waals surface area contributed by atoms with Crippen molar-refractivity contribution in [1.29, 1.82) is 0 Å². The number of hydrogen-bond donors (Lipinski definition) is 2. The molecule has 3 saturated heterocycles. The van der Waals surface area contributed by atoms with Gasteiger partial charge in [0.15, 0.2) is 11.9 Å². The molecule has 5 fully saturated rings. The number of carbonyl (C=O) groups is 1. The monoisotopic (exact) mass is 498 g/mol. The van der Waals surface area contributed by atoms with E-state index in [4.69, 9.17) is 28.2 Å². The molecule has 3 aliphatic carbocycles. The smallest absolute Gasteiger partial charge is 0.458 e. The minimum atomic E-state index is -4.75. The van der Waals surface area contributed by atoms with Gasteiger partial charge in [0.1, 0.15) is 36.1 Å². The summed E-state index contributed by atoms with van der Waals surface area (Å²) in [7, 11) is -4.75. The van der Waals surface area contributed by atoms with E-state index >= 15 is 0 Å². The highest BCUT2D eigenvalue weighted by Crippen LogP contribution is 2.83. The lowest BCUT2D eigenvalue weighted by atomic mass is 9.46. The van der Waals surface area contributed by atoms with Gasteiger partial charge in [0, 0.05) is 11.0 Å². The summed E-state index contributed by atoms with van der Waals surface area (Å²) < 4.78 is 48.1. The molecule has 2 N–H and O–H groups in total. The Hall–Kier alpha value is -0.840. The standard InChI is InChI=1S/C23H31O10P/c1-5-15(33-34(25,26)27)29-19-21(10(2)3)16(31-21)17-23(32-17)20(4)7-6-11-12(9-28-18(11)24)13(20)8-14-22(19,23)30-14/h10,13-17,19H,5-9H2,1-4H3,(H2,25,26,27)/t13-,14?,15?,16-,17-,19?,20-,21-,22+,23+/m0/s1. The van der Waals surface area contributed by atoms with Crippen molar-refractivity contribution in [3.63, 3.8) is 0 Å². The Morgan fingerprint density at radius 1 is 1.21 bits per heavy atom.